The Morgan fingerprint density at radius 3 is 2.75 bits per heavy atom. The van der Waals surface area contributed by atoms with Crippen LogP contribution >= 0.6 is 0 Å². The van der Waals surface area contributed by atoms with Crippen molar-refractivity contribution in [3.05, 3.63) is 41.1 Å². The molecule has 2 aromatic heterocycles. The molecule has 0 saturated heterocycles. The fraction of sp³-hybridized carbons (Fsp3) is 0.333. The first-order chi connectivity index (χ1) is 9.60. The molecule has 0 aliphatic carbocycles. The van der Waals surface area contributed by atoms with Crippen molar-refractivity contribution in [2.24, 2.45) is 0 Å². The predicted octanol–water partition coefficient (Wildman–Crippen LogP) is 2.50. The first kappa shape index (κ1) is 12.7. The van der Waals surface area contributed by atoms with Crippen molar-refractivity contribution in [1.29, 1.82) is 0 Å². The largest absolute Gasteiger partial charge is 0.369 e. The van der Waals surface area contributed by atoms with Crippen molar-refractivity contribution in [3.8, 4) is 0 Å². The summed E-state index contributed by atoms with van der Waals surface area (Å²) in [6.07, 6.45) is 0. The second-order valence-corrected chi connectivity index (χ2v) is 5.12. The van der Waals surface area contributed by atoms with Gasteiger partial charge in [-0.25, -0.2) is 9.67 Å². The number of anilines is 1. The van der Waals surface area contributed by atoms with E-state index in [9.17, 15) is 0 Å². The molecule has 0 atom stereocenters. The molecule has 1 aromatic carbocycles. The molecule has 20 heavy (non-hydrogen) atoms. The second kappa shape index (κ2) is 4.67. The van der Waals surface area contributed by atoms with Gasteiger partial charge in [0.15, 0.2) is 5.65 Å². The summed E-state index contributed by atoms with van der Waals surface area (Å²) in [5.41, 5.74) is 11.4. The molecule has 0 radical (unpaired) electrons. The molecule has 0 aliphatic heterocycles. The SMILES string of the molecule is CCn1nc(C)c2nc(N)n(Cc3cccc(C)c3)c21. The molecule has 0 aliphatic rings. The fourth-order valence-electron chi connectivity index (χ4n) is 2.61. The van der Waals surface area contributed by atoms with Gasteiger partial charge in [-0.2, -0.15) is 5.10 Å². The summed E-state index contributed by atoms with van der Waals surface area (Å²) in [5.74, 6) is 0.546. The van der Waals surface area contributed by atoms with E-state index in [-0.39, 0.29) is 0 Å². The van der Waals surface area contributed by atoms with Gasteiger partial charge in [0.2, 0.25) is 5.95 Å². The number of aryl methyl sites for hydroxylation is 3. The van der Waals surface area contributed by atoms with Crippen molar-refractivity contribution in [2.45, 2.75) is 33.9 Å². The predicted molar refractivity (Wildman–Crippen MR) is 80.6 cm³/mol. The molecule has 0 fully saturated rings. The lowest BCUT2D eigenvalue weighted by molar-refractivity contribution is 0.648. The van der Waals surface area contributed by atoms with Crippen LogP contribution in [0.25, 0.3) is 11.2 Å². The van der Waals surface area contributed by atoms with Crippen LogP contribution in [-0.4, -0.2) is 19.3 Å². The monoisotopic (exact) mass is 269 g/mol. The number of rotatable bonds is 3. The third-order valence-electron chi connectivity index (χ3n) is 3.55. The molecule has 0 spiro atoms. The lowest BCUT2D eigenvalue weighted by atomic mass is 10.1. The van der Waals surface area contributed by atoms with Crippen molar-refractivity contribution >= 4 is 17.1 Å². The molecule has 0 saturated carbocycles. The summed E-state index contributed by atoms with van der Waals surface area (Å²) in [6.45, 7) is 7.67. The molecular formula is C15H19N5. The minimum Gasteiger partial charge on any atom is -0.369 e. The zero-order valence-corrected chi connectivity index (χ0v) is 12.1. The Kier molecular flexibility index (Phi) is 2.97. The van der Waals surface area contributed by atoms with E-state index < -0.39 is 0 Å². The van der Waals surface area contributed by atoms with Crippen LogP contribution in [0.1, 0.15) is 23.7 Å². The minimum absolute atomic E-state index is 0.546. The maximum absolute atomic E-state index is 6.09. The van der Waals surface area contributed by atoms with Crippen molar-refractivity contribution in [3.63, 3.8) is 0 Å². The van der Waals surface area contributed by atoms with Crippen LogP contribution < -0.4 is 5.73 Å². The van der Waals surface area contributed by atoms with Gasteiger partial charge >= 0.3 is 0 Å². The zero-order chi connectivity index (χ0) is 14.3. The quantitative estimate of drug-likeness (QED) is 0.794. The van der Waals surface area contributed by atoms with Crippen molar-refractivity contribution < 1.29 is 0 Å². The number of imidazole rings is 1. The van der Waals surface area contributed by atoms with E-state index in [1.54, 1.807) is 0 Å². The zero-order valence-electron chi connectivity index (χ0n) is 12.1. The summed E-state index contributed by atoms with van der Waals surface area (Å²) >= 11 is 0. The van der Waals surface area contributed by atoms with E-state index in [1.807, 2.05) is 16.2 Å². The second-order valence-electron chi connectivity index (χ2n) is 5.12. The highest BCUT2D eigenvalue weighted by atomic mass is 15.4. The van der Waals surface area contributed by atoms with Crippen molar-refractivity contribution in [2.75, 3.05) is 5.73 Å². The summed E-state index contributed by atoms with van der Waals surface area (Å²) in [7, 11) is 0. The lowest BCUT2D eigenvalue weighted by Gasteiger charge is -2.08. The summed E-state index contributed by atoms with van der Waals surface area (Å²) in [6, 6.07) is 8.44. The maximum atomic E-state index is 6.09. The van der Waals surface area contributed by atoms with Gasteiger partial charge in [0.25, 0.3) is 0 Å². The Bertz CT molecular complexity index is 766. The van der Waals surface area contributed by atoms with Crippen LogP contribution in [0.5, 0.6) is 0 Å². The van der Waals surface area contributed by atoms with Crippen LogP contribution in [0.2, 0.25) is 0 Å². The van der Waals surface area contributed by atoms with Gasteiger partial charge in [0.05, 0.1) is 12.2 Å². The average Bonchev–Trinajstić information content (AvgIpc) is 2.89. The molecule has 3 aromatic rings. The van der Waals surface area contributed by atoms with E-state index >= 15 is 0 Å². The molecule has 104 valence electrons. The summed E-state index contributed by atoms with van der Waals surface area (Å²) in [5, 5.41) is 4.51. The molecule has 0 unspecified atom stereocenters. The van der Waals surface area contributed by atoms with E-state index in [2.05, 4.69) is 48.2 Å². The van der Waals surface area contributed by atoms with Crippen LogP contribution in [0.15, 0.2) is 24.3 Å². The van der Waals surface area contributed by atoms with E-state index in [0.717, 1.165) is 29.9 Å². The van der Waals surface area contributed by atoms with Gasteiger partial charge in [0.1, 0.15) is 5.52 Å². The highest BCUT2D eigenvalue weighted by Gasteiger charge is 2.16. The van der Waals surface area contributed by atoms with Gasteiger partial charge in [-0.05, 0) is 26.3 Å². The number of nitrogen functional groups attached to an aromatic ring is 1. The Morgan fingerprint density at radius 1 is 1.25 bits per heavy atom. The Balaban J connectivity index is 2.13. The number of benzene rings is 1. The number of hydrogen-bond acceptors (Lipinski definition) is 3. The normalized spacial score (nSPS) is 11.3. The van der Waals surface area contributed by atoms with E-state index in [0.29, 0.717) is 5.95 Å². The third-order valence-corrected chi connectivity index (χ3v) is 3.55. The standard InChI is InChI=1S/C15H19N5/c1-4-20-14-13(11(3)18-20)17-15(16)19(14)9-12-7-5-6-10(2)8-12/h5-8H,4,9H2,1-3H3,(H2,16,17). The number of nitrogens with zero attached hydrogens (tertiary/aromatic N) is 4. The highest BCUT2D eigenvalue weighted by Crippen LogP contribution is 2.22. The molecular weight excluding hydrogens is 250 g/mol. The minimum atomic E-state index is 0.546. The Hall–Kier alpha value is -2.30. The van der Waals surface area contributed by atoms with Crippen LogP contribution in [0.3, 0.4) is 0 Å². The van der Waals surface area contributed by atoms with E-state index in [4.69, 9.17) is 5.73 Å². The van der Waals surface area contributed by atoms with E-state index in [1.165, 1.54) is 11.1 Å². The number of nitrogens with two attached hydrogens (primary N) is 1. The number of fused-ring (bicyclic) bond motifs is 1. The van der Waals surface area contributed by atoms with Crippen LogP contribution in [-0.2, 0) is 13.1 Å². The Labute approximate surface area is 118 Å². The van der Waals surface area contributed by atoms with Crippen LogP contribution in [0.4, 0.5) is 5.95 Å². The highest BCUT2D eigenvalue weighted by molar-refractivity contribution is 5.77. The molecule has 2 heterocycles. The first-order valence-corrected chi connectivity index (χ1v) is 6.84. The van der Waals surface area contributed by atoms with Crippen molar-refractivity contribution in [1.82, 2.24) is 19.3 Å². The fourth-order valence-corrected chi connectivity index (χ4v) is 2.61. The topological polar surface area (TPSA) is 61.7 Å². The molecule has 0 amide bonds. The first-order valence-electron chi connectivity index (χ1n) is 6.84. The maximum Gasteiger partial charge on any atom is 0.202 e. The molecule has 5 heteroatoms. The van der Waals surface area contributed by atoms with Gasteiger partial charge in [-0.3, -0.25) is 4.57 Å². The van der Waals surface area contributed by atoms with Crippen LogP contribution in [0, 0.1) is 13.8 Å². The smallest absolute Gasteiger partial charge is 0.202 e. The van der Waals surface area contributed by atoms with Gasteiger partial charge in [0, 0.05) is 6.54 Å². The molecule has 5 nitrogen and oxygen atoms in total. The summed E-state index contributed by atoms with van der Waals surface area (Å²) in [4.78, 5) is 4.46. The summed E-state index contributed by atoms with van der Waals surface area (Å²) < 4.78 is 4.00. The molecule has 3 rings (SSSR count). The molecule has 0 bridgehead atoms. The lowest BCUT2D eigenvalue weighted by Crippen LogP contribution is -2.09. The Morgan fingerprint density at radius 2 is 2.05 bits per heavy atom. The number of hydrogen-bond donors (Lipinski definition) is 1. The van der Waals surface area contributed by atoms with Gasteiger partial charge < -0.3 is 5.73 Å². The average molecular weight is 269 g/mol. The molecule has 2 N–H and O–H groups in total. The number of aromatic nitrogens is 4. The van der Waals surface area contributed by atoms with Gasteiger partial charge in [-0.15, -0.1) is 0 Å². The third kappa shape index (κ3) is 1.95. The van der Waals surface area contributed by atoms with Gasteiger partial charge in [-0.1, -0.05) is 29.8 Å².